The van der Waals surface area contributed by atoms with Crippen molar-refractivity contribution in [3.8, 4) is 5.75 Å². The number of amides is 3. The van der Waals surface area contributed by atoms with Crippen molar-refractivity contribution < 1.29 is 23.8 Å². The summed E-state index contributed by atoms with van der Waals surface area (Å²) in [5.74, 6) is -0.375. The van der Waals surface area contributed by atoms with E-state index in [-0.39, 0.29) is 12.1 Å². The van der Waals surface area contributed by atoms with Gasteiger partial charge in [-0.15, -0.1) is 0 Å². The number of urea groups is 1. The fourth-order valence-corrected chi connectivity index (χ4v) is 3.74. The van der Waals surface area contributed by atoms with Gasteiger partial charge in [0.2, 0.25) is 0 Å². The number of fused-ring (bicyclic) bond motifs is 1. The third-order valence-electron chi connectivity index (χ3n) is 5.52. The van der Waals surface area contributed by atoms with E-state index in [1.165, 1.54) is 18.2 Å². The fraction of sp³-hybridized carbons (Fsp3) is 0.217. The summed E-state index contributed by atoms with van der Waals surface area (Å²) in [6, 6.07) is 16.2. The van der Waals surface area contributed by atoms with E-state index in [0.717, 1.165) is 21.4 Å². The first kappa shape index (κ1) is 19.8. The summed E-state index contributed by atoms with van der Waals surface area (Å²) in [5.41, 5.74) is -0.645. The minimum Gasteiger partial charge on any atom is -0.497 e. The van der Waals surface area contributed by atoms with E-state index < -0.39 is 29.4 Å². The molecule has 3 amide bonds. The van der Waals surface area contributed by atoms with Gasteiger partial charge in [0.15, 0.2) is 0 Å². The topological polar surface area (TPSA) is 78.9 Å². The van der Waals surface area contributed by atoms with Crippen LogP contribution in [0, 0.1) is 5.82 Å². The smallest absolute Gasteiger partial charge is 0.325 e. The van der Waals surface area contributed by atoms with Gasteiger partial charge in [-0.05, 0) is 47.5 Å². The van der Waals surface area contributed by atoms with E-state index in [1.807, 2.05) is 30.3 Å². The fourth-order valence-electron chi connectivity index (χ4n) is 3.74. The Morgan fingerprint density at radius 2 is 1.80 bits per heavy atom. The average molecular weight is 408 g/mol. The zero-order chi connectivity index (χ0) is 21.5. The first-order valence-corrected chi connectivity index (χ1v) is 9.48. The van der Waals surface area contributed by atoms with E-state index in [4.69, 9.17) is 4.74 Å². The second kappa shape index (κ2) is 7.42. The number of imide groups is 1. The lowest BCUT2D eigenvalue weighted by Crippen LogP contribution is -2.41. The van der Waals surface area contributed by atoms with Gasteiger partial charge in [-0.3, -0.25) is 9.69 Å². The van der Waals surface area contributed by atoms with Gasteiger partial charge in [-0.2, -0.15) is 0 Å². The molecule has 4 rings (SSSR count). The zero-order valence-electron chi connectivity index (χ0n) is 16.6. The van der Waals surface area contributed by atoms with Crippen molar-refractivity contribution >= 4 is 22.7 Å². The average Bonchev–Trinajstić information content (AvgIpc) is 2.97. The number of halogens is 1. The molecule has 1 aliphatic heterocycles. The van der Waals surface area contributed by atoms with Gasteiger partial charge >= 0.3 is 6.03 Å². The highest BCUT2D eigenvalue weighted by molar-refractivity contribution is 6.07. The number of ether oxygens (including phenoxy) is 1. The number of aliphatic hydroxyl groups excluding tert-OH is 1. The SMILES string of the molecule is COc1ccc2cc([C@]3(C)NC(=O)N(C[C@@H](O)c4ccccc4F)C3=O)ccc2c1. The van der Waals surface area contributed by atoms with Crippen LogP contribution in [0.25, 0.3) is 10.8 Å². The Morgan fingerprint density at radius 3 is 2.53 bits per heavy atom. The third-order valence-corrected chi connectivity index (χ3v) is 5.52. The molecule has 6 nitrogen and oxygen atoms in total. The lowest BCUT2D eigenvalue weighted by molar-refractivity contribution is -0.132. The summed E-state index contributed by atoms with van der Waals surface area (Å²) < 4.78 is 19.2. The molecule has 0 unspecified atom stereocenters. The summed E-state index contributed by atoms with van der Waals surface area (Å²) in [6.07, 6.45) is -1.33. The normalized spacial score (nSPS) is 19.8. The second-order valence-electron chi connectivity index (χ2n) is 7.44. The third kappa shape index (κ3) is 3.27. The van der Waals surface area contributed by atoms with Crippen LogP contribution in [0.15, 0.2) is 60.7 Å². The Labute approximate surface area is 172 Å². The number of nitrogens with one attached hydrogen (secondary N) is 1. The van der Waals surface area contributed by atoms with Crippen molar-refractivity contribution in [3.05, 3.63) is 77.6 Å². The van der Waals surface area contributed by atoms with E-state index in [2.05, 4.69) is 5.32 Å². The molecule has 0 aliphatic carbocycles. The maximum atomic E-state index is 14.0. The molecule has 3 aromatic rings. The van der Waals surface area contributed by atoms with Crippen LogP contribution >= 0.6 is 0 Å². The van der Waals surface area contributed by atoms with Crippen LogP contribution in [0.3, 0.4) is 0 Å². The lowest BCUT2D eigenvalue weighted by atomic mass is 9.90. The molecular weight excluding hydrogens is 387 g/mol. The Hall–Kier alpha value is -3.45. The molecule has 0 radical (unpaired) electrons. The molecule has 1 aliphatic rings. The monoisotopic (exact) mass is 408 g/mol. The Bertz CT molecular complexity index is 1150. The van der Waals surface area contributed by atoms with Crippen molar-refractivity contribution in [2.24, 2.45) is 0 Å². The summed E-state index contributed by atoms with van der Waals surface area (Å²) in [4.78, 5) is 26.6. The van der Waals surface area contributed by atoms with Crippen molar-refractivity contribution in [2.45, 2.75) is 18.6 Å². The number of nitrogens with zero attached hydrogens (tertiary/aromatic N) is 1. The molecule has 30 heavy (non-hydrogen) atoms. The Morgan fingerprint density at radius 1 is 1.10 bits per heavy atom. The summed E-state index contributed by atoms with van der Waals surface area (Å²) in [5, 5.41) is 14.9. The number of hydrogen-bond acceptors (Lipinski definition) is 4. The summed E-state index contributed by atoms with van der Waals surface area (Å²) in [6.45, 7) is 1.28. The molecule has 0 aromatic heterocycles. The summed E-state index contributed by atoms with van der Waals surface area (Å²) >= 11 is 0. The zero-order valence-corrected chi connectivity index (χ0v) is 16.6. The quantitative estimate of drug-likeness (QED) is 0.634. The number of carbonyl (C=O) groups excluding carboxylic acids is 2. The van der Waals surface area contributed by atoms with E-state index in [0.29, 0.717) is 5.56 Å². The number of aliphatic hydroxyl groups is 1. The highest BCUT2D eigenvalue weighted by Gasteiger charge is 2.49. The highest BCUT2D eigenvalue weighted by atomic mass is 19.1. The van der Waals surface area contributed by atoms with Crippen LogP contribution in [0.5, 0.6) is 5.75 Å². The maximum Gasteiger partial charge on any atom is 0.325 e. The number of β-amino-alcohol motifs (C(OH)–C–C–N with tert-alkyl or cyclic N) is 1. The predicted molar refractivity (Wildman–Crippen MR) is 109 cm³/mol. The first-order chi connectivity index (χ1) is 14.3. The van der Waals surface area contributed by atoms with Crippen molar-refractivity contribution in [3.63, 3.8) is 0 Å². The van der Waals surface area contributed by atoms with Crippen molar-refractivity contribution in [1.29, 1.82) is 0 Å². The lowest BCUT2D eigenvalue weighted by Gasteiger charge is -2.23. The molecular formula is C23H21FN2O4. The predicted octanol–water partition coefficient (Wildman–Crippen LogP) is 3.49. The van der Waals surface area contributed by atoms with Crippen LogP contribution < -0.4 is 10.1 Å². The van der Waals surface area contributed by atoms with Crippen LogP contribution in [0.4, 0.5) is 9.18 Å². The van der Waals surface area contributed by atoms with Gasteiger partial charge in [-0.25, -0.2) is 9.18 Å². The first-order valence-electron chi connectivity index (χ1n) is 9.48. The van der Waals surface area contributed by atoms with Crippen LogP contribution in [0.2, 0.25) is 0 Å². The minimum absolute atomic E-state index is 0.0337. The molecule has 0 spiro atoms. The maximum absolute atomic E-state index is 14.0. The number of rotatable bonds is 5. The number of benzene rings is 3. The van der Waals surface area contributed by atoms with Gasteiger partial charge in [0.1, 0.15) is 17.1 Å². The van der Waals surface area contributed by atoms with Crippen molar-refractivity contribution in [2.75, 3.05) is 13.7 Å². The van der Waals surface area contributed by atoms with E-state index in [9.17, 15) is 19.1 Å². The molecule has 3 aromatic carbocycles. The molecule has 0 saturated carbocycles. The van der Waals surface area contributed by atoms with Gasteiger partial charge in [0.05, 0.1) is 19.8 Å². The Kier molecular flexibility index (Phi) is 4.91. The van der Waals surface area contributed by atoms with Crippen LogP contribution in [-0.4, -0.2) is 35.6 Å². The standard InChI is InChI=1S/C23H21FN2O4/c1-23(16-9-7-15-12-17(30-2)10-8-14(15)11-16)21(28)26(22(29)25-23)13-20(27)18-5-3-4-6-19(18)24/h3-12,20,27H,13H2,1-2H3,(H,25,29)/t20-,23+/m1/s1. The van der Waals surface area contributed by atoms with E-state index >= 15 is 0 Å². The molecule has 1 heterocycles. The molecule has 2 N–H and O–H groups in total. The number of hydrogen-bond donors (Lipinski definition) is 2. The van der Waals surface area contributed by atoms with Crippen molar-refractivity contribution in [1.82, 2.24) is 10.2 Å². The van der Waals surface area contributed by atoms with Crippen LogP contribution in [0.1, 0.15) is 24.2 Å². The van der Waals surface area contributed by atoms with Gasteiger partial charge < -0.3 is 15.2 Å². The largest absolute Gasteiger partial charge is 0.497 e. The number of methoxy groups -OCH3 is 1. The molecule has 0 bridgehead atoms. The molecule has 154 valence electrons. The molecule has 7 heteroatoms. The van der Waals surface area contributed by atoms with Gasteiger partial charge in [0.25, 0.3) is 5.91 Å². The Balaban J connectivity index is 1.62. The second-order valence-corrected chi connectivity index (χ2v) is 7.44. The van der Waals surface area contributed by atoms with E-state index in [1.54, 1.807) is 26.2 Å². The minimum atomic E-state index is -1.33. The molecule has 1 fully saturated rings. The van der Waals surface area contributed by atoms with Gasteiger partial charge in [0, 0.05) is 5.56 Å². The number of carbonyl (C=O) groups is 2. The molecule has 1 saturated heterocycles. The highest BCUT2D eigenvalue weighted by Crippen LogP contribution is 2.33. The van der Waals surface area contributed by atoms with Crippen LogP contribution in [-0.2, 0) is 10.3 Å². The summed E-state index contributed by atoms with van der Waals surface area (Å²) in [7, 11) is 1.59. The van der Waals surface area contributed by atoms with Gasteiger partial charge in [-0.1, -0.05) is 36.4 Å². The molecule has 2 atom stereocenters.